The van der Waals surface area contributed by atoms with Crippen LogP contribution in [-0.2, 0) is 26.2 Å². The van der Waals surface area contributed by atoms with Crippen molar-refractivity contribution in [2.24, 2.45) is 0 Å². The Bertz CT molecular complexity index is 1460. The first-order valence-corrected chi connectivity index (χ1v) is 15.9. The smallest absolute Gasteiger partial charge is 0.264 e. The van der Waals surface area contributed by atoms with Crippen LogP contribution in [0.25, 0.3) is 0 Å². The molecule has 0 saturated heterocycles. The molecule has 10 heteroatoms. The van der Waals surface area contributed by atoms with Crippen LogP contribution in [0, 0.1) is 6.92 Å². The van der Waals surface area contributed by atoms with E-state index in [1.54, 1.807) is 25.1 Å². The van der Waals surface area contributed by atoms with Gasteiger partial charge in [0, 0.05) is 22.6 Å². The zero-order valence-corrected chi connectivity index (χ0v) is 25.6. The highest BCUT2D eigenvalue weighted by Crippen LogP contribution is 2.30. The number of carbonyl (C=O) groups excluding carboxylic acids is 2. The van der Waals surface area contributed by atoms with Gasteiger partial charge >= 0.3 is 0 Å². The average Bonchev–Trinajstić information content (AvgIpc) is 2.95. The normalized spacial score (nSPS) is 14.7. The van der Waals surface area contributed by atoms with Gasteiger partial charge in [-0.3, -0.25) is 13.9 Å². The fraction of sp³-hybridized carbons (Fsp3) is 0.355. The molecule has 0 aromatic heterocycles. The van der Waals surface area contributed by atoms with Gasteiger partial charge in [-0.1, -0.05) is 84.9 Å². The van der Waals surface area contributed by atoms with Crippen LogP contribution in [0.3, 0.4) is 0 Å². The van der Waals surface area contributed by atoms with E-state index in [0.29, 0.717) is 0 Å². The highest BCUT2D eigenvalue weighted by Gasteiger charge is 2.33. The second-order valence-electron chi connectivity index (χ2n) is 10.4. The standard InChI is InChI=1S/C31H35Cl2N3O4S/c1-22-11-9-10-12-24(22)20-35(23(2)31(38)34-27-13-5-3-6-14-27)30(37)21-36(28-18-25(32)17-26(33)19-28)41(39,40)29-15-7-4-8-16-29/h4,7-12,15-19,23,27H,3,5-6,13-14,20-21H2,1-2H3,(H,34,38). The van der Waals surface area contributed by atoms with Crippen molar-refractivity contribution in [3.63, 3.8) is 0 Å². The Morgan fingerprint density at radius 3 is 2.17 bits per heavy atom. The van der Waals surface area contributed by atoms with E-state index < -0.39 is 28.5 Å². The van der Waals surface area contributed by atoms with Gasteiger partial charge in [0.1, 0.15) is 12.6 Å². The van der Waals surface area contributed by atoms with Crippen molar-refractivity contribution in [1.82, 2.24) is 10.2 Å². The van der Waals surface area contributed by atoms with Gasteiger partial charge in [0.15, 0.2) is 0 Å². The number of nitrogens with zero attached hydrogens (tertiary/aromatic N) is 2. The Morgan fingerprint density at radius 2 is 1.54 bits per heavy atom. The Morgan fingerprint density at radius 1 is 0.927 bits per heavy atom. The minimum absolute atomic E-state index is 0.0115. The molecule has 7 nitrogen and oxygen atoms in total. The average molecular weight is 617 g/mol. The van der Waals surface area contributed by atoms with Gasteiger partial charge in [0.05, 0.1) is 10.6 Å². The number of sulfonamides is 1. The van der Waals surface area contributed by atoms with Crippen molar-refractivity contribution >= 4 is 50.7 Å². The number of rotatable bonds is 10. The predicted molar refractivity (Wildman–Crippen MR) is 164 cm³/mol. The summed E-state index contributed by atoms with van der Waals surface area (Å²) in [5.74, 6) is -0.794. The number of benzene rings is 3. The highest BCUT2D eigenvalue weighted by molar-refractivity contribution is 7.92. The van der Waals surface area contributed by atoms with E-state index in [2.05, 4.69) is 5.32 Å². The predicted octanol–water partition coefficient (Wildman–Crippen LogP) is 6.36. The summed E-state index contributed by atoms with van der Waals surface area (Å²) in [4.78, 5) is 29.0. The molecule has 0 heterocycles. The number of halogens is 2. The summed E-state index contributed by atoms with van der Waals surface area (Å²) in [6, 6.07) is 19.1. The van der Waals surface area contributed by atoms with Gasteiger partial charge in [0.2, 0.25) is 11.8 Å². The van der Waals surface area contributed by atoms with Crippen LogP contribution in [0.5, 0.6) is 0 Å². The van der Waals surface area contributed by atoms with Crippen LogP contribution in [0.1, 0.15) is 50.2 Å². The molecule has 1 N–H and O–H groups in total. The molecule has 0 aliphatic heterocycles. The van der Waals surface area contributed by atoms with Crippen molar-refractivity contribution in [2.75, 3.05) is 10.8 Å². The number of hydrogen-bond donors (Lipinski definition) is 1. The van der Waals surface area contributed by atoms with Gasteiger partial charge in [-0.05, 0) is 68.1 Å². The molecule has 218 valence electrons. The number of hydrogen-bond acceptors (Lipinski definition) is 4. The third kappa shape index (κ3) is 7.82. The molecular weight excluding hydrogens is 581 g/mol. The van der Waals surface area contributed by atoms with Crippen LogP contribution < -0.4 is 9.62 Å². The first-order chi connectivity index (χ1) is 19.6. The maximum Gasteiger partial charge on any atom is 0.264 e. The molecule has 3 aromatic rings. The molecule has 41 heavy (non-hydrogen) atoms. The summed E-state index contributed by atoms with van der Waals surface area (Å²) in [7, 11) is -4.20. The second-order valence-corrected chi connectivity index (χ2v) is 13.2. The zero-order chi connectivity index (χ0) is 29.6. The van der Waals surface area contributed by atoms with E-state index in [4.69, 9.17) is 23.2 Å². The first-order valence-electron chi connectivity index (χ1n) is 13.7. The molecular formula is C31H35Cl2N3O4S. The molecule has 1 aliphatic carbocycles. The number of aryl methyl sites for hydroxylation is 1. The fourth-order valence-corrected chi connectivity index (χ4v) is 6.99. The SMILES string of the molecule is Cc1ccccc1CN(C(=O)CN(c1cc(Cl)cc(Cl)c1)S(=O)(=O)c1ccccc1)C(C)C(=O)NC1CCCCC1. The monoisotopic (exact) mass is 615 g/mol. The molecule has 4 rings (SSSR count). The van der Waals surface area contributed by atoms with E-state index in [-0.39, 0.29) is 39.1 Å². The number of anilines is 1. The van der Waals surface area contributed by atoms with Gasteiger partial charge < -0.3 is 10.2 Å². The van der Waals surface area contributed by atoms with Crippen molar-refractivity contribution in [2.45, 2.75) is 69.5 Å². The van der Waals surface area contributed by atoms with Gasteiger partial charge in [0.25, 0.3) is 10.0 Å². The highest BCUT2D eigenvalue weighted by atomic mass is 35.5. The first kappa shape index (κ1) is 30.9. The van der Waals surface area contributed by atoms with Crippen LogP contribution in [0.2, 0.25) is 10.0 Å². The lowest BCUT2D eigenvalue weighted by molar-refractivity contribution is -0.139. The summed E-state index contributed by atoms with van der Waals surface area (Å²) in [6.07, 6.45) is 5.07. The minimum atomic E-state index is -4.20. The van der Waals surface area contributed by atoms with Crippen molar-refractivity contribution in [1.29, 1.82) is 0 Å². The van der Waals surface area contributed by atoms with E-state index in [0.717, 1.165) is 47.5 Å². The molecule has 1 aliphatic rings. The number of carbonyl (C=O) groups is 2. The molecule has 0 bridgehead atoms. The van der Waals surface area contributed by atoms with E-state index in [1.165, 1.54) is 35.2 Å². The quantitative estimate of drug-likeness (QED) is 0.287. The van der Waals surface area contributed by atoms with E-state index in [9.17, 15) is 18.0 Å². The Labute approximate surface area is 252 Å². The van der Waals surface area contributed by atoms with Crippen molar-refractivity contribution in [3.8, 4) is 0 Å². The summed E-state index contributed by atoms with van der Waals surface area (Å²) in [6.45, 7) is 3.20. The van der Waals surface area contributed by atoms with Gasteiger partial charge in [-0.2, -0.15) is 0 Å². The van der Waals surface area contributed by atoms with Crippen LogP contribution in [0.15, 0.2) is 77.7 Å². The van der Waals surface area contributed by atoms with Crippen LogP contribution in [0.4, 0.5) is 5.69 Å². The minimum Gasteiger partial charge on any atom is -0.352 e. The summed E-state index contributed by atoms with van der Waals surface area (Å²) in [5.41, 5.74) is 1.97. The Balaban J connectivity index is 1.70. The van der Waals surface area contributed by atoms with Crippen LogP contribution >= 0.6 is 23.2 Å². The summed E-state index contributed by atoms with van der Waals surface area (Å²) < 4.78 is 28.8. The van der Waals surface area contributed by atoms with E-state index in [1.807, 2.05) is 31.2 Å². The van der Waals surface area contributed by atoms with E-state index >= 15 is 0 Å². The lowest BCUT2D eigenvalue weighted by atomic mass is 9.95. The summed E-state index contributed by atoms with van der Waals surface area (Å²) in [5, 5.41) is 3.56. The lowest BCUT2D eigenvalue weighted by Gasteiger charge is -2.33. The van der Waals surface area contributed by atoms with Gasteiger partial charge in [-0.25, -0.2) is 8.42 Å². The molecule has 0 spiro atoms. The molecule has 1 saturated carbocycles. The topological polar surface area (TPSA) is 86.8 Å². The summed E-state index contributed by atoms with van der Waals surface area (Å²) >= 11 is 12.5. The van der Waals surface area contributed by atoms with Crippen molar-refractivity contribution in [3.05, 3.63) is 94.0 Å². The molecule has 3 aromatic carbocycles. The zero-order valence-electron chi connectivity index (χ0n) is 23.2. The lowest BCUT2D eigenvalue weighted by Crippen LogP contribution is -2.53. The van der Waals surface area contributed by atoms with Gasteiger partial charge in [-0.15, -0.1) is 0 Å². The molecule has 1 fully saturated rings. The Hall–Kier alpha value is -3.07. The largest absolute Gasteiger partial charge is 0.352 e. The molecule has 1 unspecified atom stereocenters. The second kappa shape index (κ2) is 13.7. The number of amides is 2. The van der Waals surface area contributed by atoms with Crippen LogP contribution in [-0.4, -0.2) is 43.8 Å². The fourth-order valence-electron chi connectivity index (χ4n) is 5.05. The molecule has 1 atom stereocenters. The Kier molecular flexibility index (Phi) is 10.3. The number of nitrogens with one attached hydrogen (secondary N) is 1. The third-order valence-electron chi connectivity index (χ3n) is 7.47. The third-order valence-corrected chi connectivity index (χ3v) is 9.69. The molecule has 2 amide bonds. The maximum absolute atomic E-state index is 14.1. The van der Waals surface area contributed by atoms with Crippen molar-refractivity contribution < 1.29 is 18.0 Å². The maximum atomic E-state index is 14.1. The molecule has 0 radical (unpaired) electrons.